The molecule has 1 N–H and O–H groups in total. The third kappa shape index (κ3) is 2.83. The molecule has 0 aromatic carbocycles. The molecule has 3 aromatic rings. The second-order valence-corrected chi connectivity index (χ2v) is 5.03. The van der Waals surface area contributed by atoms with Crippen molar-refractivity contribution in [1.82, 2.24) is 24.9 Å². The van der Waals surface area contributed by atoms with E-state index < -0.39 is 5.97 Å². The van der Waals surface area contributed by atoms with Crippen molar-refractivity contribution < 1.29 is 14.4 Å². The molecule has 8 nitrogen and oxygen atoms in total. The zero-order valence-corrected chi connectivity index (χ0v) is 12.7. The zero-order chi connectivity index (χ0) is 16.4. The quantitative estimate of drug-likeness (QED) is 0.769. The molecule has 0 bridgehead atoms. The van der Waals surface area contributed by atoms with Crippen molar-refractivity contribution in [2.45, 2.75) is 26.7 Å². The summed E-state index contributed by atoms with van der Waals surface area (Å²) in [7, 11) is 0. The molecule has 3 aromatic heterocycles. The normalized spacial score (nSPS) is 10.9. The minimum Gasteiger partial charge on any atom is -0.478 e. The van der Waals surface area contributed by atoms with Gasteiger partial charge in [0.15, 0.2) is 11.6 Å². The van der Waals surface area contributed by atoms with Crippen molar-refractivity contribution in [2.75, 3.05) is 0 Å². The highest BCUT2D eigenvalue weighted by Gasteiger charge is 2.16. The fourth-order valence-electron chi connectivity index (χ4n) is 2.21. The number of carboxylic acids is 1. The largest absolute Gasteiger partial charge is 0.478 e. The average Bonchev–Trinajstić information content (AvgIpc) is 3.14. The highest BCUT2D eigenvalue weighted by atomic mass is 16.5. The maximum Gasteiger partial charge on any atom is 0.339 e. The predicted molar refractivity (Wildman–Crippen MR) is 80.3 cm³/mol. The highest BCUT2D eigenvalue weighted by molar-refractivity contribution is 5.88. The van der Waals surface area contributed by atoms with E-state index in [0.717, 1.165) is 12.8 Å². The van der Waals surface area contributed by atoms with E-state index in [1.165, 1.54) is 10.9 Å². The Morgan fingerprint density at radius 1 is 1.43 bits per heavy atom. The molecule has 0 amide bonds. The van der Waals surface area contributed by atoms with E-state index in [0.29, 0.717) is 28.8 Å². The maximum atomic E-state index is 11.1. The summed E-state index contributed by atoms with van der Waals surface area (Å²) in [6.45, 7) is 3.72. The fraction of sp³-hybridized carbons (Fsp3) is 0.267. The molecule has 3 heterocycles. The summed E-state index contributed by atoms with van der Waals surface area (Å²) in [5, 5.41) is 17.1. The minimum atomic E-state index is -1.02. The van der Waals surface area contributed by atoms with E-state index in [9.17, 15) is 4.79 Å². The first-order chi connectivity index (χ1) is 11.1. The van der Waals surface area contributed by atoms with Gasteiger partial charge in [-0.1, -0.05) is 12.1 Å². The van der Waals surface area contributed by atoms with E-state index in [4.69, 9.17) is 9.63 Å². The molecule has 8 heteroatoms. The molecule has 0 radical (unpaired) electrons. The molecular formula is C15H15N5O3. The van der Waals surface area contributed by atoms with Crippen molar-refractivity contribution in [1.29, 1.82) is 0 Å². The van der Waals surface area contributed by atoms with Crippen LogP contribution in [0.4, 0.5) is 0 Å². The van der Waals surface area contributed by atoms with Crippen LogP contribution in [0, 0.1) is 6.92 Å². The number of aromatic nitrogens is 5. The van der Waals surface area contributed by atoms with Crippen molar-refractivity contribution in [3.8, 4) is 17.3 Å². The molecule has 23 heavy (non-hydrogen) atoms. The standard InChI is InChI=1S/C15H15N5O3/c1-3-4-12-18-14(23-19-12)10-5-6-16-13(7-10)20-9(2)11(8-17-20)15(21)22/h5-8H,3-4H2,1-2H3,(H,21,22). The van der Waals surface area contributed by atoms with Gasteiger partial charge in [-0.25, -0.2) is 14.5 Å². The lowest BCUT2D eigenvalue weighted by atomic mass is 10.2. The molecule has 0 saturated heterocycles. The first kappa shape index (κ1) is 14.9. The first-order valence-corrected chi connectivity index (χ1v) is 7.17. The summed E-state index contributed by atoms with van der Waals surface area (Å²) in [4.78, 5) is 19.7. The third-order valence-electron chi connectivity index (χ3n) is 3.39. The van der Waals surface area contributed by atoms with E-state index in [1.807, 2.05) is 6.92 Å². The molecule has 0 aliphatic heterocycles. The van der Waals surface area contributed by atoms with Gasteiger partial charge in [-0.3, -0.25) is 0 Å². The Labute approximate surface area is 131 Å². The smallest absolute Gasteiger partial charge is 0.339 e. The summed E-state index contributed by atoms with van der Waals surface area (Å²) in [6.07, 6.45) is 4.58. The van der Waals surface area contributed by atoms with Crippen molar-refractivity contribution >= 4 is 5.97 Å². The molecule has 0 atom stereocenters. The van der Waals surface area contributed by atoms with Gasteiger partial charge >= 0.3 is 5.97 Å². The molecule has 0 unspecified atom stereocenters. The van der Waals surface area contributed by atoms with E-state index in [1.54, 1.807) is 25.3 Å². The summed E-state index contributed by atoms with van der Waals surface area (Å²) in [6, 6.07) is 3.48. The maximum absolute atomic E-state index is 11.1. The summed E-state index contributed by atoms with van der Waals surface area (Å²) in [5.74, 6) is 0.526. The molecule has 118 valence electrons. The van der Waals surface area contributed by atoms with Gasteiger partial charge in [0, 0.05) is 18.2 Å². The second-order valence-electron chi connectivity index (χ2n) is 5.03. The number of carboxylic acid groups (broad SMARTS) is 1. The average molecular weight is 313 g/mol. The molecule has 3 rings (SSSR count). The van der Waals surface area contributed by atoms with Crippen LogP contribution >= 0.6 is 0 Å². The Kier molecular flexibility index (Phi) is 3.88. The van der Waals surface area contributed by atoms with Gasteiger partial charge in [0.05, 0.1) is 11.9 Å². The van der Waals surface area contributed by atoms with Crippen LogP contribution in [0.15, 0.2) is 29.0 Å². The summed E-state index contributed by atoms with van der Waals surface area (Å²) >= 11 is 0. The monoisotopic (exact) mass is 313 g/mol. The lowest BCUT2D eigenvalue weighted by Crippen LogP contribution is -2.04. The third-order valence-corrected chi connectivity index (χ3v) is 3.39. The number of hydrogen-bond acceptors (Lipinski definition) is 6. The Hall–Kier alpha value is -3.03. The number of carbonyl (C=O) groups is 1. The number of aryl methyl sites for hydroxylation is 1. The highest BCUT2D eigenvalue weighted by Crippen LogP contribution is 2.20. The fourth-order valence-corrected chi connectivity index (χ4v) is 2.21. The number of rotatable bonds is 5. The van der Waals surface area contributed by atoms with Crippen molar-refractivity contribution in [2.24, 2.45) is 0 Å². The van der Waals surface area contributed by atoms with Crippen LogP contribution in [-0.4, -0.2) is 36.0 Å². The first-order valence-electron chi connectivity index (χ1n) is 7.17. The van der Waals surface area contributed by atoms with Gasteiger partial charge in [0.2, 0.25) is 0 Å². The molecule has 0 fully saturated rings. The van der Waals surface area contributed by atoms with E-state index in [-0.39, 0.29) is 5.56 Å². The Morgan fingerprint density at radius 2 is 2.26 bits per heavy atom. The van der Waals surface area contributed by atoms with Crippen LogP contribution < -0.4 is 0 Å². The van der Waals surface area contributed by atoms with Gasteiger partial charge in [-0.15, -0.1) is 0 Å². The zero-order valence-electron chi connectivity index (χ0n) is 12.7. The van der Waals surface area contributed by atoms with Crippen LogP contribution in [0.1, 0.15) is 35.2 Å². The number of nitrogens with zero attached hydrogens (tertiary/aromatic N) is 5. The van der Waals surface area contributed by atoms with E-state index in [2.05, 4.69) is 20.2 Å². The van der Waals surface area contributed by atoms with Gasteiger partial charge in [0.25, 0.3) is 5.89 Å². The van der Waals surface area contributed by atoms with Crippen LogP contribution in [0.5, 0.6) is 0 Å². The Morgan fingerprint density at radius 3 is 2.96 bits per heavy atom. The van der Waals surface area contributed by atoms with Crippen molar-refractivity contribution in [3.05, 3.63) is 41.6 Å². The molecule has 0 saturated carbocycles. The number of pyridine rings is 1. The summed E-state index contributed by atoms with van der Waals surface area (Å²) in [5.41, 5.74) is 1.34. The summed E-state index contributed by atoms with van der Waals surface area (Å²) < 4.78 is 6.72. The van der Waals surface area contributed by atoms with Gasteiger partial charge in [0.1, 0.15) is 5.56 Å². The molecular weight excluding hydrogens is 298 g/mol. The number of hydrogen-bond donors (Lipinski definition) is 1. The Balaban J connectivity index is 1.98. The van der Waals surface area contributed by atoms with Gasteiger partial charge < -0.3 is 9.63 Å². The van der Waals surface area contributed by atoms with Crippen LogP contribution in [0.3, 0.4) is 0 Å². The molecule has 0 aliphatic carbocycles. The predicted octanol–water partition coefficient (Wildman–Crippen LogP) is 2.28. The van der Waals surface area contributed by atoms with E-state index >= 15 is 0 Å². The topological polar surface area (TPSA) is 107 Å². The van der Waals surface area contributed by atoms with Gasteiger partial charge in [-0.05, 0) is 25.5 Å². The SMILES string of the molecule is CCCc1noc(-c2ccnc(-n3ncc(C(=O)O)c3C)c2)n1. The minimum absolute atomic E-state index is 0.139. The van der Waals surface area contributed by atoms with Crippen LogP contribution in [0.25, 0.3) is 17.3 Å². The Bertz CT molecular complexity index is 852. The molecule has 0 aliphatic rings. The van der Waals surface area contributed by atoms with Crippen LogP contribution in [-0.2, 0) is 6.42 Å². The van der Waals surface area contributed by atoms with Crippen molar-refractivity contribution in [3.63, 3.8) is 0 Å². The molecule has 0 spiro atoms. The lowest BCUT2D eigenvalue weighted by molar-refractivity contribution is 0.0696. The van der Waals surface area contributed by atoms with Gasteiger partial charge in [-0.2, -0.15) is 10.1 Å². The lowest BCUT2D eigenvalue weighted by Gasteiger charge is -2.04. The van der Waals surface area contributed by atoms with Crippen LogP contribution in [0.2, 0.25) is 0 Å². The second kappa shape index (κ2) is 5.99. The number of aromatic carboxylic acids is 1.